The van der Waals surface area contributed by atoms with E-state index in [-0.39, 0.29) is 34.4 Å². The Hall–Kier alpha value is -3.74. The average Bonchev–Trinajstić information content (AvgIpc) is 2.89. The highest BCUT2D eigenvalue weighted by molar-refractivity contribution is 7.89. The molecule has 194 valence electrons. The number of halogens is 1. The Bertz CT molecular complexity index is 1630. The van der Waals surface area contributed by atoms with E-state index in [2.05, 4.69) is 5.32 Å². The number of carbonyl (C=O) groups excluding carboxylic acids is 2. The third-order valence-electron chi connectivity index (χ3n) is 6.02. The minimum Gasteiger partial charge on any atom is -0.452 e. The Morgan fingerprint density at radius 3 is 2.46 bits per heavy atom. The second-order valence-electron chi connectivity index (χ2n) is 8.39. The van der Waals surface area contributed by atoms with Gasteiger partial charge >= 0.3 is 11.7 Å². The first-order valence-corrected chi connectivity index (χ1v) is 12.9. The molecule has 0 atom stereocenters. The van der Waals surface area contributed by atoms with Gasteiger partial charge in [-0.15, -0.1) is 0 Å². The van der Waals surface area contributed by atoms with E-state index in [9.17, 15) is 27.6 Å². The number of amides is 1. The van der Waals surface area contributed by atoms with Crippen LogP contribution < -0.4 is 16.6 Å². The lowest BCUT2D eigenvalue weighted by atomic mass is 10.0. The number of nitrogens with zero attached hydrogens (tertiary/aromatic N) is 3. The van der Waals surface area contributed by atoms with E-state index in [4.69, 9.17) is 16.3 Å². The third-order valence-corrected chi connectivity index (χ3v) is 8.19. The van der Waals surface area contributed by atoms with Crippen molar-refractivity contribution in [2.24, 2.45) is 14.1 Å². The van der Waals surface area contributed by atoms with Crippen molar-refractivity contribution in [2.45, 2.75) is 17.9 Å². The van der Waals surface area contributed by atoms with E-state index in [1.807, 2.05) is 24.3 Å². The Morgan fingerprint density at radius 1 is 1.03 bits per heavy atom. The number of aromatic nitrogens is 2. The zero-order valence-electron chi connectivity index (χ0n) is 19.9. The van der Waals surface area contributed by atoms with Crippen molar-refractivity contribution in [3.63, 3.8) is 0 Å². The number of nitrogens with one attached hydrogen (secondary N) is 1. The molecule has 1 aliphatic heterocycles. The van der Waals surface area contributed by atoms with Gasteiger partial charge in [0.05, 0.1) is 15.5 Å². The van der Waals surface area contributed by atoms with Gasteiger partial charge in [0.1, 0.15) is 5.82 Å². The molecule has 2 aromatic carbocycles. The monoisotopic (exact) mass is 546 g/mol. The lowest BCUT2D eigenvalue weighted by molar-refractivity contribution is -0.119. The summed E-state index contributed by atoms with van der Waals surface area (Å²) < 4.78 is 34.8. The van der Waals surface area contributed by atoms with Crippen LogP contribution in [0.3, 0.4) is 0 Å². The van der Waals surface area contributed by atoms with Gasteiger partial charge in [-0.1, -0.05) is 35.9 Å². The largest absolute Gasteiger partial charge is 0.452 e. The molecule has 0 saturated heterocycles. The van der Waals surface area contributed by atoms with Crippen molar-refractivity contribution in [2.75, 3.05) is 18.5 Å². The molecule has 0 fully saturated rings. The van der Waals surface area contributed by atoms with Crippen molar-refractivity contribution in [3.05, 3.63) is 91.1 Å². The molecule has 1 N–H and O–H groups in total. The lowest BCUT2D eigenvalue weighted by Gasteiger charge is -2.28. The normalized spacial score (nSPS) is 13.6. The summed E-state index contributed by atoms with van der Waals surface area (Å²) in [6, 6.07) is 12.3. The maximum atomic E-state index is 13.3. The van der Waals surface area contributed by atoms with Crippen molar-refractivity contribution in [1.82, 2.24) is 13.4 Å². The Balaban J connectivity index is 1.47. The molecule has 3 aromatic rings. The summed E-state index contributed by atoms with van der Waals surface area (Å²) in [5, 5.41) is 2.27. The van der Waals surface area contributed by atoms with Crippen LogP contribution in [0.5, 0.6) is 0 Å². The third kappa shape index (κ3) is 5.36. The molecule has 0 radical (unpaired) electrons. The summed E-state index contributed by atoms with van der Waals surface area (Å²) in [5.74, 6) is -1.91. The van der Waals surface area contributed by atoms with Crippen molar-refractivity contribution in [3.8, 4) is 0 Å². The molecule has 0 saturated carbocycles. The molecule has 1 aliphatic rings. The van der Waals surface area contributed by atoms with Crippen LogP contribution in [0.4, 0.5) is 5.82 Å². The molecule has 1 amide bonds. The lowest BCUT2D eigenvalue weighted by Crippen LogP contribution is -2.38. The summed E-state index contributed by atoms with van der Waals surface area (Å²) in [6.45, 7) is -0.280. The minimum atomic E-state index is -3.94. The first kappa shape index (κ1) is 26.3. The van der Waals surface area contributed by atoms with Crippen LogP contribution in [0.15, 0.2) is 63.0 Å². The molecular formula is C24H23ClN4O7S. The van der Waals surface area contributed by atoms with Crippen LogP contribution in [0.25, 0.3) is 0 Å². The fourth-order valence-corrected chi connectivity index (χ4v) is 5.53. The number of ether oxygens (including phenoxy) is 1. The van der Waals surface area contributed by atoms with Gasteiger partial charge in [0.25, 0.3) is 11.5 Å². The van der Waals surface area contributed by atoms with Crippen LogP contribution in [0, 0.1) is 0 Å². The van der Waals surface area contributed by atoms with Crippen molar-refractivity contribution in [1.29, 1.82) is 0 Å². The number of esters is 1. The summed E-state index contributed by atoms with van der Waals surface area (Å²) in [6.07, 6.45) is 0.562. The molecule has 0 aliphatic carbocycles. The van der Waals surface area contributed by atoms with Crippen LogP contribution >= 0.6 is 11.6 Å². The van der Waals surface area contributed by atoms with Crippen molar-refractivity contribution >= 4 is 39.3 Å². The molecule has 1 aromatic heterocycles. The Morgan fingerprint density at radius 2 is 1.73 bits per heavy atom. The summed E-state index contributed by atoms with van der Waals surface area (Å²) in [5.41, 5.74) is 0.488. The minimum absolute atomic E-state index is 0.0534. The van der Waals surface area contributed by atoms with Gasteiger partial charge in [0, 0.05) is 33.3 Å². The summed E-state index contributed by atoms with van der Waals surface area (Å²) in [4.78, 5) is 48.6. The number of sulfonamides is 1. The maximum absolute atomic E-state index is 13.3. The van der Waals surface area contributed by atoms with E-state index in [1.54, 1.807) is 0 Å². The maximum Gasteiger partial charge on any atom is 0.340 e. The van der Waals surface area contributed by atoms with Crippen molar-refractivity contribution < 1.29 is 22.7 Å². The van der Waals surface area contributed by atoms with Gasteiger partial charge in [-0.05, 0) is 35.7 Å². The van der Waals surface area contributed by atoms with Gasteiger partial charge in [0.2, 0.25) is 10.0 Å². The zero-order chi connectivity index (χ0) is 26.9. The SMILES string of the molecule is Cn1c(NC(=O)COC(=O)c2cc(S(=O)(=O)N3CCc4ccccc4C3)ccc2Cl)cc(=O)n(C)c1=O. The second-order valence-corrected chi connectivity index (χ2v) is 10.7. The Kier molecular flexibility index (Phi) is 7.35. The number of benzene rings is 2. The molecule has 13 heteroatoms. The first-order valence-electron chi connectivity index (χ1n) is 11.1. The highest BCUT2D eigenvalue weighted by atomic mass is 35.5. The topological polar surface area (TPSA) is 137 Å². The fraction of sp³-hybridized carbons (Fsp3) is 0.250. The van der Waals surface area contributed by atoms with E-state index in [0.29, 0.717) is 6.42 Å². The van der Waals surface area contributed by atoms with Crippen LogP contribution in [0.2, 0.25) is 5.02 Å². The molecule has 0 spiro atoms. The quantitative estimate of drug-likeness (QED) is 0.460. The smallest absolute Gasteiger partial charge is 0.340 e. The Labute approximate surface area is 216 Å². The van der Waals surface area contributed by atoms with E-state index in [0.717, 1.165) is 32.4 Å². The molecular weight excluding hydrogens is 524 g/mol. The highest BCUT2D eigenvalue weighted by Crippen LogP contribution is 2.27. The number of rotatable bonds is 6. The highest BCUT2D eigenvalue weighted by Gasteiger charge is 2.29. The van der Waals surface area contributed by atoms with Gasteiger partial charge in [0.15, 0.2) is 6.61 Å². The average molecular weight is 547 g/mol. The zero-order valence-corrected chi connectivity index (χ0v) is 21.5. The van der Waals surface area contributed by atoms with E-state index >= 15 is 0 Å². The van der Waals surface area contributed by atoms with Gasteiger partial charge in [-0.3, -0.25) is 18.7 Å². The number of hydrogen-bond donors (Lipinski definition) is 1. The molecule has 0 unspecified atom stereocenters. The van der Waals surface area contributed by atoms with Gasteiger partial charge < -0.3 is 10.1 Å². The molecule has 11 nitrogen and oxygen atoms in total. The predicted molar refractivity (Wildman–Crippen MR) is 135 cm³/mol. The number of fused-ring (bicyclic) bond motifs is 1. The summed E-state index contributed by atoms with van der Waals surface area (Å²) in [7, 11) is -1.29. The second kappa shape index (κ2) is 10.3. The van der Waals surface area contributed by atoms with Gasteiger partial charge in [-0.25, -0.2) is 18.0 Å². The molecule has 4 rings (SSSR count). The number of carbonyl (C=O) groups is 2. The van der Waals surface area contributed by atoms with Crippen LogP contribution in [-0.4, -0.2) is 46.9 Å². The van der Waals surface area contributed by atoms with Gasteiger partial charge in [-0.2, -0.15) is 4.31 Å². The predicted octanol–water partition coefficient (Wildman–Crippen LogP) is 1.28. The molecule has 2 heterocycles. The van der Waals surface area contributed by atoms with E-state index < -0.39 is 39.8 Å². The number of hydrogen-bond acceptors (Lipinski definition) is 7. The first-order chi connectivity index (χ1) is 17.5. The molecule has 0 bridgehead atoms. The molecule has 37 heavy (non-hydrogen) atoms. The van der Waals surface area contributed by atoms with Crippen LogP contribution in [0.1, 0.15) is 21.5 Å². The summed E-state index contributed by atoms with van der Waals surface area (Å²) >= 11 is 6.12. The van der Waals surface area contributed by atoms with Crippen LogP contribution in [-0.2, 0) is 46.6 Å². The van der Waals surface area contributed by atoms with E-state index in [1.165, 1.54) is 30.5 Å². The fourth-order valence-electron chi connectivity index (χ4n) is 3.89. The standard InChI is InChI=1S/C24H23ClN4O7S/c1-27-20(12-22(31)28(2)24(27)33)26-21(30)14-36-23(32)18-11-17(7-8-19(18)25)37(34,35)29-10-9-15-5-3-4-6-16(15)13-29/h3-8,11-12H,9-10,13-14H2,1-2H3,(H,26,30). The number of anilines is 1.